The summed E-state index contributed by atoms with van der Waals surface area (Å²) in [6.45, 7) is 5.09. The fraction of sp³-hybridized carbons (Fsp3) is 0.400. The fourth-order valence-corrected chi connectivity index (χ4v) is 3.62. The Morgan fingerprint density at radius 3 is 2.84 bits per heavy atom. The highest BCUT2D eigenvalue weighted by Crippen LogP contribution is 2.27. The van der Waals surface area contributed by atoms with E-state index in [0.29, 0.717) is 0 Å². The summed E-state index contributed by atoms with van der Waals surface area (Å²) in [6.07, 6.45) is 6.70. The number of unbranched alkanes of at least 4 members (excludes halogenated alkanes) is 3. The Morgan fingerprint density at radius 1 is 1.12 bits per heavy atom. The minimum absolute atomic E-state index is 0.776. The molecule has 25 heavy (non-hydrogen) atoms. The predicted molar refractivity (Wildman–Crippen MR) is 104 cm³/mol. The molecule has 0 atom stereocenters. The second kappa shape index (κ2) is 8.90. The summed E-state index contributed by atoms with van der Waals surface area (Å²) < 4.78 is 5.95. The van der Waals surface area contributed by atoms with Crippen molar-refractivity contribution in [2.24, 2.45) is 0 Å². The van der Waals surface area contributed by atoms with Gasteiger partial charge < -0.3 is 9.72 Å². The lowest BCUT2D eigenvalue weighted by atomic mass is 10.2. The number of hydrogen-bond donors (Lipinski definition) is 1. The van der Waals surface area contributed by atoms with Gasteiger partial charge in [0.2, 0.25) is 0 Å². The predicted octanol–water partition coefficient (Wildman–Crippen LogP) is 5.52. The number of imidazole rings is 1. The first-order chi connectivity index (χ1) is 12.3. The van der Waals surface area contributed by atoms with Crippen LogP contribution in [0.3, 0.4) is 0 Å². The van der Waals surface area contributed by atoms with Crippen molar-refractivity contribution < 1.29 is 4.74 Å². The number of benzene rings is 1. The summed E-state index contributed by atoms with van der Waals surface area (Å²) in [6, 6.07) is 10.0. The van der Waals surface area contributed by atoms with Gasteiger partial charge in [0, 0.05) is 17.5 Å². The molecule has 132 valence electrons. The van der Waals surface area contributed by atoms with Crippen LogP contribution in [0.15, 0.2) is 41.7 Å². The molecule has 0 spiro atoms. The van der Waals surface area contributed by atoms with E-state index in [1.807, 2.05) is 36.5 Å². The van der Waals surface area contributed by atoms with Crippen LogP contribution in [0, 0.1) is 6.92 Å². The van der Waals surface area contributed by atoms with Gasteiger partial charge in [-0.05, 0) is 31.5 Å². The number of H-pyrrole nitrogens is 1. The van der Waals surface area contributed by atoms with Crippen LogP contribution in [-0.4, -0.2) is 21.6 Å². The molecule has 3 aromatic rings. The Morgan fingerprint density at radius 2 is 2.00 bits per heavy atom. The molecule has 3 rings (SSSR count). The van der Waals surface area contributed by atoms with E-state index in [2.05, 4.69) is 28.8 Å². The summed E-state index contributed by atoms with van der Waals surface area (Å²) in [7, 11) is 0. The van der Waals surface area contributed by atoms with E-state index in [-0.39, 0.29) is 0 Å². The molecule has 0 unspecified atom stereocenters. The molecular weight excluding hydrogens is 330 g/mol. The van der Waals surface area contributed by atoms with Crippen molar-refractivity contribution in [1.82, 2.24) is 15.0 Å². The highest BCUT2D eigenvalue weighted by Gasteiger charge is 2.09. The summed E-state index contributed by atoms with van der Waals surface area (Å²) >= 11 is 1.67. The Balaban J connectivity index is 1.59. The molecule has 5 heteroatoms. The van der Waals surface area contributed by atoms with Gasteiger partial charge in [0.15, 0.2) is 5.16 Å². The van der Waals surface area contributed by atoms with Gasteiger partial charge in [-0.25, -0.2) is 4.98 Å². The summed E-state index contributed by atoms with van der Waals surface area (Å²) in [4.78, 5) is 12.5. The van der Waals surface area contributed by atoms with Crippen LogP contribution in [0.5, 0.6) is 5.75 Å². The Hall–Kier alpha value is -2.01. The topological polar surface area (TPSA) is 50.8 Å². The van der Waals surface area contributed by atoms with Crippen LogP contribution in [0.2, 0.25) is 0 Å². The summed E-state index contributed by atoms with van der Waals surface area (Å²) in [5, 5.41) is 0.924. The van der Waals surface area contributed by atoms with Crippen molar-refractivity contribution in [1.29, 1.82) is 0 Å². The molecule has 4 nitrogen and oxygen atoms in total. The molecular formula is C20H25N3OS. The van der Waals surface area contributed by atoms with Gasteiger partial charge in [-0.1, -0.05) is 50.1 Å². The van der Waals surface area contributed by atoms with Crippen LogP contribution < -0.4 is 4.74 Å². The Kier molecular flexibility index (Phi) is 6.34. The molecule has 1 aromatic carbocycles. The minimum atomic E-state index is 0.776. The Bertz CT molecular complexity index is 783. The number of nitrogens with zero attached hydrogens (tertiary/aromatic N) is 2. The molecule has 0 aliphatic carbocycles. The van der Waals surface area contributed by atoms with Crippen molar-refractivity contribution in [2.45, 2.75) is 50.4 Å². The first kappa shape index (κ1) is 17.8. The molecule has 0 fully saturated rings. The first-order valence-electron chi connectivity index (χ1n) is 8.92. The standard InChI is InChI=1S/C20H25N3OS/c1-3-4-5-8-13-24-19-11-12-21-18(15(19)2)14-25-20-22-16-9-6-7-10-17(16)23-20/h6-7,9-12H,3-5,8,13-14H2,1-2H3,(H,22,23). The molecule has 0 saturated carbocycles. The summed E-state index contributed by atoms with van der Waals surface area (Å²) in [5.74, 6) is 1.73. The second-order valence-corrected chi connectivity index (χ2v) is 7.10. The molecule has 0 saturated heterocycles. The van der Waals surface area contributed by atoms with Crippen LogP contribution in [0.4, 0.5) is 0 Å². The van der Waals surface area contributed by atoms with Crippen molar-refractivity contribution in [3.8, 4) is 5.75 Å². The number of rotatable bonds is 9. The van der Waals surface area contributed by atoms with E-state index < -0.39 is 0 Å². The normalized spacial score (nSPS) is 11.1. The maximum Gasteiger partial charge on any atom is 0.166 e. The van der Waals surface area contributed by atoms with Gasteiger partial charge in [-0.2, -0.15) is 0 Å². The van der Waals surface area contributed by atoms with Crippen molar-refractivity contribution in [3.05, 3.63) is 47.8 Å². The van der Waals surface area contributed by atoms with E-state index in [4.69, 9.17) is 4.74 Å². The number of nitrogens with one attached hydrogen (secondary N) is 1. The third kappa shape index (κ3) is 4.75. The fourth-order valence-electron chi connectivity index (χ4n) is 2.71. The zero-order valence-corrected chi connectivity index (χ0v) is 15.7. The quantitative estimate of drug-likeness (QED) is 0.406. The van der Waals surface area contributed by atoms with Crippen molar-refractivity contribution in [3.63, 3.8) is 0 Å². The molecule has 0 aliphatic heterocycles. The van der Waals surface area contributed by atoms with Gasteiger partial charge in [0.05, 0.1) is 23.3 Å². The number of hydrogen-bond acceptors (Lipinski definition) is 4. The molecule has 0 radical (unpaired) electrons. The smallest absolute Gasteiger partial charge is 0.166 e. The number of pyridine rings is 1. The molecule has 2 heterocycles. The zero-order valence-electron chi connectivity index (χ0n) is 14.9. The van der Waals surface area contributed by atoms with E-state index >= 15 is 0 Å². The van der Waals surface area contributed by atoms with Gasteiger partial charge in [-0.15, -0.1) is 0 Å². The number of ether oxygens (including phenoxy) is 1. The number of thioether (sulfide) groups is 1. The number of aromatic amines is 1. The Labute approximate surface area is 153 Å². The molecule has 2 aromatic heterocycles. The number of aromatic nitrogens is 3. The second-order valence-electron chi connectivity index (χ2n) is 6.14. The van der Waals surface area contributed by atoms with Crippen molar-refractivity contribution in [2.75, 3.05) is 6.61 Å². The lowest BCUT2D eigenvalue weighted by Crippen LogP contribution is -2.01. The molecule has 0 amide bonds. The van der Waals surface area contributed by atoms with Gasteiger partial charge in [0.1, 0.15) is 5.75 Å². The monoisotopic (exact) mass is 355 g/mol. The van der Waals surface area contributed by atoms with Gasteiger partial charge in [-0.3, -0.25) is 4.98 Å². The van der Waals surface area contributed by atoms with Gasteiger partial charge >= 0.3 is 0 Å². The first-order valence-corrected chi connectivity index (χ1v) is 9.91. The maximum absolute atomic E-state index is 5.95. The van der Waals surface area contributed by atoms with Gasteiger partial charge in [0.25, 0.3) is 0 Å². The third-order valence-electron chi connectivity index (χ3n) is 4.23. The average Bonchev–Trinajstić information content (AvgIpc) is 3.05. The van der Waals surface area contributed by atoms with Crippen LogP contribution in [-0.2, 0) is 5.75 Å². The summed E-state index contributed by atoms with van der Waals surface area (Å²) in [5.41, 5.74) is 4.25. The number of fused-ring (bicyclic) bond motifs is 1. The zero-order chi connectivity index (χ0) is 17.5. The van der Waals surface area contributed by atoms with Crippen LogP contribution in [0.1, 0.15) is 43.9 Å². The van der Waals surface area contributed by atoms with Crippen molar-refractivity contribution >= 4 is 22.8 Å². The lowest BCUT2D eigenvalue weighted by Gasteiger charge is -2.11. The largest absolute Gasteiger partial charge is 0.493 e. The van der Waals surface area contributed by atoms with Crippen LogP contribution >= 0.6 is 11.8 Å². The average molecular weight is 356 g/mol. The van der Waals surface area contributed by atoms with E-state index in [1.165, 1.54) is 19.3 Å². The third-order valence-corrected chi connectivity index (χ3v) is 5.11. The lowest BCUT2D eigenvalue weighted by molar-refractivity contribution is 0.302. The molecule has 0 aliphatic rings. The van der Waals surface area contributed by atoms with E-state index in [1.54, 1.807) is 11.8 Å². The molecule has 1 N–H and O–H groups in total. The SMILES string of the molecule is CCCCCCOc1ccnc(CSc2nc3ccccc3[nH]2)c1C. The van der Waals surface area contributed by atoms with E-state index in [0.717, 1.165) is 52.0 Å². The number of para-hydroxylation sites is 2. The maximum atomic E-state index is 5.95. The minimum Gasteiger partial charge on any atom is -0.493 e. The van der Waals surface area contributed by atoms with Crippen LogP contribution in [0.25, 0.3) is 11.0 Å². The molecule has 0 bridgehead atoms. The highest BCUT2D eigenvalue weighted by molar-refractivity contribution is 7.98. The van der Waals surface area contributed by atoms with E-state index in [9.17, 15) is 0 Å². The highest BCUT2D eigenvalue weighted by atomic mass is 32.2.